The number of aliphatic hydroxyl groups is 2. The Kier molecular flexibility index (Phi) is 7.34. The Morgan fingerprint density at radius 2 is 1.97 bits per heavy atom. The van der Waals surface area contributed by atoms with Crippen LogP contribution < -0.4 is 10.1 Å². The number of methoxy groups -OCH3 is 1. The summed E-state index contributed by atoms with van der Waals surface area (Å²) in [5.41, 5.74) is 0.884. The van der Waals surface area contributed by atoms with Crippen LogP contribution in [0.5, 0.6) is 5.75 Å². The van der Waals surface area contributed by atoms with Crippen LogP contribution in [0, 0.1) is 5.92 Å². The minimum Gasteiger partial charge on any atom is -0.497 e. The average molecular weight is 452 g/mol. The Labute approximate surface area is 187 Å². The number of carbonyl (C=O) groups is 1. The number of ether oxygens (including phenoxy) is 5. The van der Waals surface area contributed by atoms with Gasteiger partial charge in [-0.15, -0.1) is 0 Å². The van der Waals surface area contributed by atoms with Gasteiger partial charge in [0.25, 0.3) is 0 Å². The Hall–Kier alpha value is -1.75. The molecule has 0 amide bonds. The van der Waals surface area contributed by atoms with Gasteiger partial charge in [-0.1, -0.05) is 26.0 Å². The van der Waals surface area contributed by atoms with Gasteiger partial charge in [-0.05, 0) is 30.0 Å². The molecule has 0 unspecified atom stereocenters. The monoisotopic (exact) mass is 451 g/mol. The molecule has 1 aromatic carbocycles. The van der Waals surface area contributed by atoms with E-state index in [0.29, 0.717) is 18.9 Å². The normalized spacial score (nSPS) is 36.8. The van der Waals surface area contributed by atoms with E-state index in [1.54, 1.807) is 7.11 Å². The Balaban J connectivity index is 1.53. The predicted octanol–water partition coefficient (Wildman–Crippen LogP) is 0.918. The van der Waals surface area contributed by atoms with Gasteiger partial charge in [0.2, 0.25) is 0 Å². The molecule has 9 heteroatoms. The maximum absolute atomic E-state index is 12.3. The van der Waals surface area contributed by atoms with Crippen LogP contribution in [0.3, 0.4) is 0 Å². The minimum atomic E-state index is -1.09. The molecule has 3 aliphatic heterocycles. The molecule has 3 fully saturated rings. The number of carbonyl (C=O) groups excluding carboxylic acids is 1. The summed E-state index contributed by atoms with van der Waals surface area (Å²) in [7, 11) is 1.60. The van der Waals surface area contributed by atoms with Gasteiger partial charge < -0.3 is 39.2 Å². The summed E-state index contributed by atoms with van der Waals surface area (Å²) in [6.45, 7) is 4.46. The second-order valence-electron chi connectivity index (χ2n) is 9.05. The highest BCUT2D eigenvalue weighted by Gasteiger charge is 2.53. The Bertz CT molecular complexity index is 772. The van der Waals surface area contributed by atoms with Crippen molar-refractivity contribution in [3.8, 4) is 5.75 Å². The Morgan fingerprint density at radius 3 is 2.66 bits per heavy atom. The molecule has 32 heavy (non-hydrogen) atoms. The van der Waals surface area contributed by atoms with Crippen molar-refractivity contribution in [1.82, 2.24) is 5.32 Å². The zero-order valence-electron chi connectivity index (χ0n) is 18.7. The van der Waals surface area contributed by atoms with E-state index in [2.05, 4.69) is 5.32 Å². The van der Waals surface area contributed by atoms with Crippen molar-refractivity contribution >= 4 is 5.97 Å². The largest absolute Gasteiger partial charge is 0.497 e. The molecule has 3 saturated heterocycles. The summed E-state index contributed by atoms with van der Waals surface area (Å²) in [4.78, 5) is 12.3. The number of nitrogens with one attached hydrogen (secondary N) is 1. The van der Waals surface area contributed by atoms with E-state index in [1.807, 2.05) is 38.1 Å². The van der Waals surface area contributed by atoms with E-state index >= 15 is 0 Å². The lowest BCUT2D eigenvalue weighted by Crippen LogP contribution is -2.47. The van der Waals surface area contributed by atoms with Crippen LogP contribution in [0.25, 0.3) is 0 Å². The standard InChI is InChI=1S/C23H33NO8/c1-12(2)4-9-17(26)31-22-19(27)16-11-29-20(13-5-7-14(28-3)8-6-13)18-21(15(25)10-24-18)32-23(22)30-16/h5-8,12,15-16,18-25,27H,4,9-11H2,1-3H3/t15-,16-,18+,19-,20+,21+,22+,23-/m0/s1. The van der Waals surface area contributed by atoms with E-state index < -0.39 is 48.9 Å². The molecular weight excluding hydrogens is 418 g/mol. The molecule has 0 aromatic heterocycles. The first-order valence-corrected chi connectivity index (χ1v) is 11.2. The molecule has 3 heterocycles. The fourth-order valence-electron chi connectivity index (χ4n) is 4.43. The first kappa shape index (κ1) is 23.4. The van der Waals surface area contributed by atoms with Crippen LogP contribution >= 0.6 is 0 Å². The second-order valence-corrected chi connectivity index (χ2v) is 9.05. The van der Waals surface area contributed by atoms with Crippen molar-refractivity contribution in [1.29, 1.82) is 0 Å². The van der Waals surface area contributed by atoms with Gasteiger partial charge in [0, 0.05) is 13.0 Å². The van der Waals surface area contributed by atoms with Crippen molar-refractivity contribution in [2.75, 3.05) is 20.3 Å². The molecule has 4 rings (SSSR count). The molecule has 1 aromatic rings. The van der Waals surface area contributed by atoms with E-state index in [9.17, 15) is 15.0 Å². The molecule has 0 spiro atoms. The van der Waals surface area contributed by atoms with Crippen LogP contribution in [-0.2, 0) is 23.7 Å². The number of esters is 1. The molecule has 3 N–H and O–H groups in total. The molecule has 178 valence electrons. The van der Waals surface area contributed by atoms with Crippen LogP contribution in [0.1, 0.15) is 38.4 Å². The number of benzene rings is 1. The van der Waals surface area contributed by atoms with E-state index in [4.69, 9.17) is 23.7 Å². The molecule has 2 bridgehead atoms. The van der Waals surface area contributed by atoms with Gasteiger partial charge in [-0.2, -0.15) is 0 Å². The summed E-state index contributed by atoms with van der Waals surface area (Å²) in [5, 5.41) is 24.7. The maximum Gasteiger partial charge on any atom is 0.306 e. The lowest BCUT2D eigenvalue weighted by Gasteiger charge is -2.32. The Morgan fingerprint density at radius 1 is 1.22 bits per heavy atom. The van der Waals surface area contributed by atoms with Gasteiger partial charge in [0.05, 0.1) is 25.9 Å². The van der Waals surface area contributed by atoms with Gasteiger partial charge in [0.1, 0.15) is 30.2 Å². The smallest absolute Gasteiger partial charge is 0.306 e. The van der Waals surface area contributed by atoms with Gasteiger partial charge in [0.15, 0.2) is 12.4 Å². The molecule has 0 aliphatic carbocycles. The molecule has 0 saturated carbocycles. The van der Waals surface area contributed by atoms with E-state index in [-0.39, 0.29) is 19.1 Å². The van der Waals surface area contributed by atoms with Crippen molar-refractivity contribution < 1.29 is 38.7 Å². The molecule has 8 atom stereocenters. The van der Waals surface area contributed by atoms with E-state index in [1.165, 1.54) is 0 Å². The summed E-state index contributed by atoms with van der Waals surface area (Å²) in [6, 6.07) is 7.14. The van der Waals surface area contributed by atoms with E-state index in [0.717, 1.165) is 11.3 Å². The van der Waals surface area contributed by atoms with Crippen molar-refractivity contribution in [2.24, 2.45) is 5.92 Å². The number of hydrogen-bond donors (Lipinski definition) is 3. The fourth-order valence-corrected chi connectivity index (χ4v) is 4.43. The minimum absolute atomic E-state index is 0.0821. The SMILES string of the molecule is COc1ccc([C@H]2OC[C@@H]3O[C@@H](O[C@H]4[C@@H]2NC[C@@H]4O)[C@H](OC(=O)CCC(C)C)[C@H]3O)cc1. The number of β-amino-alcohol motifs (C(OH)–C–C–N with tert-alkyl or cyclic N) is 1. The van der Waals surface area contributed by atoms with Crippen molar-refractivity contribution in [3.63, 3.8) is 0 Å². The third-order valence-electron chi connectivity index (χ3n) is 6.29. The number of rotatable bonds is 6. The number of aliphatic hydroxyl groups excluding tert-OH is 2. The zero-order valence-corrected chi connectivity index (χ0v) is 18.7. The molecule has 9 nitrogen and oxygen atoms in total. The van der Waals surface area contributed by atoms with Crippen LogP contribution in [-0.4, -0.2) is 79.3 Å². The van der Waals surface area contributed by atoms with Gasteiger partial charge in [-0.3, -0.25) is 4.79 Å². The summed E-state index contributed by atoms with van der Waals surface area (Å²) >= 11 is 0. The summed E-state index contributed by atoms with van der Waals surface area (Å²) in [5.74, 6) is 0.682. The molecular formula is C23H33NO8. The van der Waals surface area contributed by atoms with Gasteiger partial charge >= 0.3 is 5.97 Å². The first-order chi connectivity index (χ1) is 15.4. The molecule has 0 radical (unpaired) electrons. The number of hydrogen-bond acceptors (Lipinski definition) is 9. The fraction of sp³-hybridized carbons (Fsp3) is 0.696. The quantitative estimate of drug-likeness (QED) is 0.543. The van der Waals surface area contributed by atoms with Crippen molar-refractivity contribution in [2.45, 2.75) is 75.6 Å². The number of fused-ring (bicyclic) bond motifs is 3. The van der Waals surface area contributed by atoms with Crippen LogP contribution in [0.4, 0.5) is 0 Å². The topological polar surface area (TPSA) is 116 Å². The third-order valence-corrected chi connectivity index (χ3v) is 6.29. The third kappa shape index (κ3) is 4.93. The average Bonchev–Trinajstić information content (AvgIpc) is 3.30. The highest BCUT2D eigenvalue weighted by Crippen LogP contribution is 2.36. The van der Waals surface area contributed by atoms with Crippen LogP contribution in [0.2, 0.25) is 0 Å². The van der Waals surface area contributed by atoms with Gasteiger partial charge in [-0.25, -0.2) is 0 Å². The second kappa shape index (κ2) is 10.0. The lowest BCUT2D eigenvalue weighted by molar-refractivity contribution is -0.213. The highest BCUT2D eigenvalue weighted by molar-refractivity contribution is 5.69. The summed E-state index contributed by atoms with van der Waals surface area (Å²) < 4.78 is 29.0. The highest BCUT2D eigenvalue weighted by atomic mass is 16.7. The zero-order chi connectivity index (χ0) is 22.8. The molecule has 3 aliphatic rings. The maximum atomic E-state index is 12.3. The predicted molar refractivity (Wildman–Crippen MR) is 113 cm³/mol. The van der Waals surface area contributed by atoms with Crippen LogP contribution in [0.15, 0.2) is 24.3 Å². The first-order valence-electron chi connectivity index (χ1n) is 11.2. The lowest BCUT2D eigenvalue weighted by atomic mass is 9.97. The summed E-state index contributed by atoms with van der Waals surface area (Å²) in [6.07, 6.45) is -4.75. The van der Waals surface area contributed by atoms with Crippen molar-refractivity contribution in [3.05, 3.63) is 29.8 Å².